The van der Waals surface area contributed by atoms with Crippen molar-refractivity contribution in [3.63, 3.8) is 0 Å². The third-order valence-electron chi connectivity index (χ3n) is 4.82. The zero-order valence-electron chi connectivity index (χ0n) is 16.6. The summed E-state index contributed by atoms with van der Waals surface area (Å²) >= 11 is 1.69. The second kappa shape index (κ2) is 9.58. The van der Waals surface area contributed by atoms with Gasteiger partial charge in [0.05, 0.1) is 5.75 Å². The van der Waals surface area contributed by atoms with Crippen LogP contribution >= 0.6 is 11.8 Å². The minimum atomic E-state index is 0.130. The molecule has 1 saturated heterocycles. The van der Waals surface area contributed by atoms with Crippen molar-refractivity contribution in [2.24, 2.45) is 0 Å². The van der Waals surface area contributed by atoms with Gasteiger partial charge in [0, 0.05) is 30.1 Å². The van der Waals surface area contributed by atoms with Gasteiger partial charge in [0.1, 0.15) is 5.82 Å². The first kappa shape index (κ1) is 20.2. The molecule has 0 bridgehead atoms. The summed E-state index contributed by atoms with van der Waals surface area (Å²) in [6, 6.07) is 17.6. The summed E-state index contributed by atoms with van der Waals surface area (Å²) in [4.78, 5) is 27.2. The Balaban J connectivity index is 1.32. The van der Waals surface area contributed by atoms with Gasteiger partial charge in [-0.05, 0) is 42.7 Å². The molecule has 8 heteroatoms. The number of carbonyl (C=O) groups is 1. The molecule has 7 nitrogen and oxygen atoms in total. The molecule has 0 spiro atoms. The topological polar surface area (TPSA) is 97.0 Å². The van der Waals surface area contributed by atoms with Crippen LogP contribution in [0, 0.1) is 0 Å². The van der Waals surface area contributed by atoms with E-state index in [1.54, 1.807) is 11.8 Å². The lowest BCUT2D eigenvalue weighted by atomic mass is 10.1. The number of aromatic nitrogens is 3. The van der Waals surface area contributed by atoms with Crippen LogP contribution in [0.1, 0.15) is 34.6 Å². The molecule has 1 aliphatic heterocycles. The Hall–Kier alpha value is -3.13. The molecule has 1 aliphatic rings. The van der Waals surface area contributed by atoms with Crippen molar-refractivity contribution in [3.05, 3.63) is 71.5 Å². The molecule has 30 heavy (non-hydrogen) atoms. The van der Waals surface area contributed by atoms with Crippen LogP contribution in [-0.2, 0) is 11.5 Å². The number of hydrogen-bond donors (Lipinski definition) is 2. The van der Waals surface area contributed by atoms with Crippen LogP contribution in [0.15, 0.2) is 54.6 Å². The molecule has 0 radical (unpaired) electrons. The fraction of sp³-hybridized carbons (Fsp3) is 0.273. The van der Waals surface area contributed by atoms with Gasteiger partial charge >= 0.3 is 0 Å². The Morgan fingerprint density at radius 3 is 2.43 bits per heavy atom. The number of nitrogens with one attached hydrogen (secondary N) is 1. The van der Waals surface area contributed by atoms with Gasteiger partial charge in [-0.3, -0.25) is 4.79 Å². The van der Waals surface area contributed by atoms with Crippen LogP contribution in [0.4, 0.5) is 17.6 Å². The van der Waals surface area contributed by atoms with Gasteiger partial charge in [0.2, 0.25) is 11.9 Å². The molecule has 3 N–H and O–H groups in total. The van der Waals surface area contributed by atoms with E-state index >= 15 is 0 Å². The number of hydrogen-bond acceptors (Lipinski definition) is 7. The van der Waals surface area contributed by atoms with Crippen molar-refractivity contribution in [1.29, 1.82) is 0 Å². The summed E-state index contributed by atoms with van der Waals surface area (Å²) in [6.45, 7) is 1.74. The molecule has 4 rings (SSSR count). The number of likely N-dealkylation sites (tertiary alicyclic amines) is 1. The average molecular weight is 421 g/mol. The minimum Gasteiger partial charge on any atom is -0.368 e. The predicted molar refractivity (Wildman–Crippen MR) is 121 cm³/mol. The number of nitrogen functional groups attached to an aromatic ring is 1. The van der Waals surface area contributed by atoms with E-state index in [1.165, 1.54) is 0 Å². The summed E-state index contributed by atoms with van der Waals surface area (Å²) < 4.78 is 0. The quantitative estimate of drug-likeness (QED) is 0.599. The lowest BCUT2D eigenvalue weighted by Crippen LogP contribution is -2.27. The van der Waals surface area contributed by atoms with Crippen LogP contribution in [0.5, 0.6) is 0 Å². The number of nitrogens with zero attached hydrogens (tertiary/aromatic N) is 4. The first-order chi connectivity index (χ1) is 14.7. The molecule has 1 fully saturated rings. The Kier molecular flexibility index (Phi) is 6.44. The number of amides is 1. The summed E-state index contributed by atoms with van der Waals surface area (Å²) in [6.07, 6.45) is 2.20. The van der Waals surface area contributed by atoms with E-state index < -0.39 is 0 Å². The van der Waals surface area contributed by atoms with Gasteiger partial charge in [-0.25, -0.2) is 0 Å². The standard InChI is InChI=1S/C22H24N6OS/c23-21-25-19(26-22(27-21)24-18-6-2-1-3-7-18)15-30-14-16-8-10-17(11-9-16)20(29)28-12-4-5-13-28/h1-3,6-11H,4-5,12-15H2,(H3,23,24,25,26,27). The summed E-state index contributed by atoms with van der Waals surface area (Å²) in [5.41, 5.74) is 8.65. The largest absolute Gasteiger partial charge is 0.368 e. The number of rotatable bonds is 7. The third kappa shape index (κ3) is 5.27. The van der Waals surface area contributed by atoms with Gasteiger partial charge in [0.25, 0.3) is 5.91 Å². The van der Waals surface area contributed by atoms with E-state index in [2.05, 4.69) is 20.3 Å². The molecule has 0 saturated carbocycles. The maximum Gasteiger partial charge on any atom is 0.253 e. The molecule has 1 aromatic heterocycles. The van der Waals surface area contributed by atoms with Gasteiger partial charge < -0.3 is 16.0 Å². The highest BCUT2D eigenvalue weighted by atomic mass is 32.2. The Morgan fingerprint density at radius 2 is 1.70 bits per heavy atom. The van der Waals surface area contributed by atoms with Crippen LogP contribution in [0.2, 0.25) is 0 Å². The third-order valence-corrected chi connectivity index (χ3v) is 5.82. The number of benzene rings is 2. The second-order valence-corrected chi connectivity index (χ2v) is 8.10. The highest BCUT2D eigenvalue weighted by Crippen LogP contribution is 2.20. The second-order valence-electron chi connectivity index (χ2n) is 7.11. The van der Waals surface area contributed by atoms with Gasteiger partial charge in [-0.1, -0.05) is 30.3 Å². The van der Waals surface area contributed by atoms with E-state index in [9.17, 15) is 4.79 Å². The van der Waals surface area contributed by atoms with Crippen molar-refractivity contribution < 1.29 is 4.79 Å². The van der Waals surface area contributed by atoms with Crippen molar-refractivity contribution in [2.75, 3.05) is 24.1 Å². The van der Waals surface area contributed by atoms with Crippen molar-refractivity contribution in [2.45, 2.75) is 24.3 Å². The molecule has 1 amide bonds. The van der Waals surface area contributed by atoms with Gasteiger partial charge in [-0.15, -0.1) is 11.8 Å². The van der Waals surface area contributed by atoms with Crippen LogP contribution in [-0.4, -0.2) is 38.8 Å². The number of carbonyl (C=O) groups excluding carboxylic acids is 1. The van der Waals surface area contributed by atoms with Gasteiger partial charge in [0.15, 0.2) is 0 Å². The van der Waals surface area contributed by atoms with Crippen molar-refractivity contribution >= 4 is 35.3 Å². The smallest absolute Gasteiger partial charge is 0.253 e. The van der Waals surface area contributed by atoms with Crippen LogP contribution < -0.4 is 11.1 Å². The number of anilines is 3. The highest BCUT2D eigenvalue weighted by molar-refractivity contribution is 7.97. The molecule has 0 atom stereocenters. The zero-order chi connectivity index (χ0) is 20.8. The first-order valence-corrected chi connectivity index (χ1v) is 11.1. The predicted octanol–water partition coefficient (Wildman–Crippen LogP) is 3.87. The maximum atomic E-state index is 12.4. The molecule has 154 valence electrons. The average Bonchev–Trinajstić information content (AvgIpc) is 3.29. The molecule has 0 unspecified atom stereocenters. The normalized spacial score (nSPS) is 13.4. The minimum absolute atomic E-state index is 0.130. The first-order valence-electron chi connectivity index (χ1n) is 9.96. The van der Waals surface area contributed by atoms with Crippen LogP contribution in [0.25, 0.3) is 0 Å². The maximum absolute atomic E-state index is 12.4. The van der Waals surface area contributed by atoms with Gasteiger partial charge in [-0.2, -0.15) is 15.0 Å². The zero-order valence-corrected chi connectivity index (χ0v) is 17.4. The molecule has 3 aromatic rings. The summed E-state index contributed by atoms with van der Waals surface area (Å²) in [5, 5.41) is 3.15. The molecular weight excluding hydrogens is 396 g/mol. The number of thioether (sulfide) groups is 1. The van der Waals surface area contributed by atoms with E-state index in [0.717, 1.165) is 48.5 Å². The van der Waals surface area contributed by atoms with E-state index in [1.807, 2.05) is 59.5 Å². The Bertz CT molecular complexity index is 990. The molecule has 2 heterocycles. The van der Waals surface area contributed by atoms with E-state index in [4.69, 9.17) is 5.73 Å². The Labute approximate surface area is 180 Å². The summed E-state index contributed by atoms with van der Waals surface area (Å²) in [5.74, 6) is 2.81. The monoisotopic (exact) mass is 420 g/mol. The Morgan fingerprint density at radius 1 is 0.967 bits per heavy atom. The molecule has 0 aliphatic carbocycles. The lowest BCUT2D eigenvalue weighted by molar-refractivity contribution is 0.0793. The fourth-order valence-corrected chi connectivity index (χ4v) is 4.16. The van der Waals surface area contributed by atoms with E-state index in [-0.39, 0.29) is 11.9 Å². The molecular formula is C22H24N6OS. The summed E-state index contributed by atoms with van der Waals surface area (Å²) in [7, 11) is 0. The van der Waals surface area contributed by atoms with E-state index in [0.29, 0.717) is 17.5 Å². The van der Waals surface area contributed by atoms with Crippen molar-refractivity contribution in [3.8, 4) is 0 Å². The fourth-order valence-electron chi connectivity index (χ4n) is 3.32. The van der Waals surface area contributed by atoms with Crippen LogP contribution in [0.3, 0.4) is 0 Å². The van der Waals surface area contributed by atoms with Crippen molar-refractivity contribution in [1.82, 2.24) is 19.9 Å². The number of para-hydroxylation sites is 1. The molecule has 2 aromatic carbocycles. The SMILES string of the molecule is Nc1nc(CSCc2ccc(C(=O)N3CCCC3)cc2)nc(Nc2ccccc2)n1. The lowest BCUT2D eigenvalue weighted by Gasteiger charge is -2.15. The number of nitrogens with two attached hydrogens (primary N) is 1. The highest BCUT2D eigenvalue weighted by Gasteiger charge is 2.19.